The van der Waals surface area contributed by atoms with Crippen LogP contribution in [0.3, 0.4) is 0 Å². The van der Waals surface area contributed by atoms with E-state index in [1.165, 1.54) is 4.68 Å². The van der Waals surface area contributed by atoms with Crippen molar-refractivity contribution in [3.05, 3.63) is 42.4 Å². The van der Waals surface area contributed by atoms with Crippen molar-refractivity contribution in [2.24, 2.45) is 0 Å². The van der Waals surface area contributed by atoms with Gasteiger partial charge in [-0.2, -0.15) is 5.10 Å². The number of carbonyl (C=O) groups is 1. The Hall–Kier alpha value is -2.37. The zero-order chi connectivity index (χ0) is 12.1. The summed E-state index contributed by atoms with van der Waals surface area (Å²) < 4.78 is 1.50. The maximum Gasteiger partial charge on any atom is 0.241 e. The van der Waals surface area contributed by atoms with Crippen LogP contribution in [0, 0.1) is 0 Å². The lowest BCUT2D eigenvalue weighted by Gasteiger charge is -2.05. The summed E-state index contributed by atoms with van der Waals surface area (Å²) in [6, 6.07) is 5.36. The minimum absolute atomic E-state index is 0.107. The Morgan fingerprint density at radius 3 is 2.76 bits per heavy atom. The Morgan fingerprint density at radius 1 is 1.35 bits per heavy atom. The third kappa shape index (κ3) is 3.30. The zero-order valence-electron chi connectivity index (χ0n) is 9.21. The summed E-state index contributed by atoms with van der Waals surface area (Å²) >= 11 is 0. The molecular formula is C11H13N5O. The molecule has 0 fully saturated rings. The van der Waals surface area contributed by atoms with Crippen LogP contribution >= 0.6 is 0 Å². The minimum Gasteiger partial charge on any atom is -0.382 e. The van der Waals surface area contributed by atoms with Crippen LogP contribution < -0.4 is 11.1 Å². The highest BCUT2D eigenvalue weighted by molar-refractivity contribution is 5.75. The molecule has 0 aromatic carbocycles. The molecule has 0 aliphatic heterocycles. The molecule has 6 nitrogen and oxygen atoms in total. The summed E-state index contributed by atoms with van der Waals surface area (Å²) in [7, 11) is 0. The molecule has 6 heteroatoms. The van der Waals surface area contributed by atoms with E-state index in [9.17, 15) is 4.79 Å². The molecule has 2 rings (SSSR count). The van der Waals surface area contributed by atoms with Crippen molar-refractivity contribution in [3.63, 3.8) is 0 Å². The number of nitrogens with zero attached hydrogens (tertiary/aromatic N) is 3. The molecular weight excluding hydrogens is 218 g/mol. The van der Waals surface area contributed by atoms with Crippen molar-refractivity contribution in [2.45, 2.75) is 13.1 Å². The van der Waals surface area contributed by atoms with Crippen LogP contribution in [0.4, 0.5) is 5.82 Å². The highest BCUT2D eigenvalue weighted by atomic mass is 16.2. The molecule has 2 aromatic rings. The van der Waals surface area contributed by atoms with Gasteiger partial charge in [-0.15, -0.1) is 0 Å². The fraction of sp³-hybridized carbons (Fsp3) is 0.182. The van der Waals surface area contributed by atoms with Crippen molar-refractivity contribution in [3.8, 4) is 0 Å². The van der Waals surface area contributed by atoms with Crippen LogP contribution in [-0.2, 0) is 17.9 Å². The predicted octanol–water partition coefficient (Wildman–Crippen LogP) is 0.177. The van der Waals surface area contributed by atoms with E-state index < -0.39 is 0 Å². The molecule has 88 valence electrons. The van der Waals surface area contributed by atoms with Gasteiger partial charge in [0.2, 0.25) is 5.91 Å². The second kappa shape index (κ2) is 5.11. The number of nitrogens with one attached hydrogen (secondary N) is 1. The number of anilines is 1. The van der Waals surface area contributed by atoms with Crippen molar-refractivity contribution in [2.75, 3.05) is 5.73 Å². The number of pyridine rings is 1. The normalized spacial score (nSPS) is 10.1. The standard InChI is InChI=1S/C11H13N5O/c12-10-3-6-16(15-10)8-11(17)14-7-9-1-4-13-5-2-9/h1-6H,7-8H2,(H2,12,15)(H,14,17). The van der Waals surface area contributed by atoms with Crippen LogP contribution in [0.25, 0.3) is 0 Å². The van der Waals surface area contributed by atoms with Crippen LogP contribution in [0.5, 0.6) is 0 Å². The van der Waals surface area contributed by atoms with Crippen LogP contribution in [0.15, 0.2) is 36.8 Å². The number of hydrogen-bond acceptors (Lipinski definition) is 4. The van der Waals surface area contributed by atoms with Crippen molar-refractivity contribution in [1.29, 1.82) is 0 Å². The van der Waals surface area contributed by atoms with E-state index in [-0.39, 0.29) is 12.5 Å². The van der Waals surface area contributed by atoms with Gasteiger partial charge >= 0.3 is 0 Å². The fourth-order valence-corrected chi connectivity index (χ4v) is 1.37. The fourth-order valence-electron chi connectivity index (χ4n) is 1.37. The second-order valence-electron chi connectivity index (χ2n) is 3.57. The number of rotatable bonds is 4. The first-order chi connectivity index (χ1) is 8.24. The summed E-state index contributed by atoms with van der Waals surface area (Å²) in [5, 5.41) is 6.72. The van der Waals surface area contributed by atoms with E-state index in [4.69, 9.17) is 5.73 Å². The summed E-state index contributed by atoms with van der Waals surface area (Å²) in [6.07, 6.45) is 5.05. The summed E-state index contributed by atoms with van der Waals surface area (Å²) in [5.74, 6) is 0.303. The number of hydrogen-bond donors (Lipinski definition) is 2. The van der Waals surface area contributed by atoms with E-state index in [1.807, 2.05) is 12.1 Å². The average molecular weight is 231 g/mol. The molecule has 3 N–H and O–H groups in total. The molecule has 17 heavy (non-hydrogen) atoms. The zero-order valence-corrected chi connectivity index (χ0v) is 9.21. The van der Waals surface area contributed by atoms with Gasteiger partial charge in [-0.1, -0.05) is 0 Å². The molecule has 0 bridgehead atoms. The van der Waals surface area contributed by atoms with Crippen molar-refractivity contribution < 1.29 is 4.79 Å². The quantitative estimate of drug-likeness (QED) is 0.785. The number of nitrogen functional groups attached to an aromatic ring is 1. The van der Waals surface area contributed by atoms with Gasteiger partial charge in [0.15, 0.2) is 0 Å². The Morgan fingerprint density at radius 2 is 2.12 bits per heavy atom. The van der Waals surface area contributed by atoms with Gasteiger partial charge in [-0.3, -0.25) is 14.5 Å². The van der Waals surface area contributed by atoms with Gasteiger partial charge in [0.25, 0.3) is 0 Å². The van der Waals surface area contributed by atoms with Crippen molar-refractivity contribution in [1.82, 2.24) is 20.1 Å². The molecule has 2 heterocycles. The summed E-state index contributed by atoms with van der Waals surface area (Å²) in [4.78, 5) is 15.5. The molecule has 0 saturated heterocycles. The predicted molar refractivity (Wildman–Crippen MR) is 62.7 cm³/mol. The molecule has 0 atom stereocenters. The van der Waals surface area contributed by atoms with Gasteiger partial charge in [0.05, 0.1) is 0 Å². The molecule has 1 amide bonds. The lowest BCUT2D eigenvalue weighted by Crippen LogP contribution is -2.27. The lowest BCUT2D eigenvalue weighted by molar-refractivity contribution is -0.122. The van der Waals surface area contributed by atoms with Crippen molar-refractivity contribution >= 4 is 11.7 Å². The molecule has 0 aliphatic rings. The van der Waals surface area contributed by atoms with E-state index in [2.05, 4.69) is 15.4 Å². The molecule has 0 saturated carbocycles. The largest absolute Gasteiger partial charge is 0.382 e. The SMILES string of the molecule is Nc1ccn(CC(=O)NCc2ccncc2)n1. The molecule has 0 unspecified atom stereocenters. The third-order valence-corrected chi connectivity index (χ3v) is 2.21. The Balaban J connectivity index is 1.82. The van der Waals surface area contributed by atoms with Gasteiger partial charge in [0.1, 0.15) is 12.4 Å². The lowest BCUT2D eigenvalue weighted by atomic mass is 10.3. The molecule has 0 radical (unpaired) electrons. The van der Waals surface area contributed by atoms with Gasteiger partial charge in [-0.05, 0) is 23.8 Å². The third-order valence-electron chi connectivity index (χ3n) is 2.21. The number of nitrogens with two attached hydrogens (primary N) is 1. The molecule has 2 aromatic heterocycles. The van der Waals surface area contributed by atoms with E-state index >= 15 is 0 Å². The van der Waals surface area contributed by atoms with Gasteiger partial charge in [-0.25, -0.2) is 0 Å². The summed E-state index contributed by atoms with van der Waals surface area (Å²) in [6.45, 7) is 0.653. The molecule has 0 spiro atoms. The number of carbonyl (C=O) groups excluding carboxylic acids is 1. The van der Waals surface area contributed by atoms with E-state index in [0.29, 0.717) is 12.4 Å². The first kappa shape index (κ1) is 11.1. The number of amides is 1. The first-order valence-electron chi connectivity index (χ1n) is 5.18. The van der Waals surface area contributed by atoms with Crippen LogP contribution in [0.2, 0.25) is 0 Å². The second-order valence-corrected chi connectivity index (χ2v) is 3.57. The first-order valence-corrected chi connectivity index (χ1v) is 5.18. The van der Waals surface area contributed by atoms with E-state index in [0.717, 1.165) is 5.56 Å². The van der Waals surface area contributed by atoms with Gasteiger partial charge in [0, 0.05) is 25.1 Å². The Labute approximate surface area is 98.5 Å². The number of aromatic nitrogens is 3. The van der Waals surface area contributed by atoms with E-state index in [1.54, 1.807) is 24.7 Å². The topological polar surface area (TPSA) is 85.8 Å². The van der Waals surface area contributed by atoms with Gasteiger partial charge < -0.3 is 11.1 Å². The Kier molecular flexibility index (Phi) is 3.34. The highest BCUT2D eigenvalue weighted by Gasteiger charge is 2.03. The highest BCUT2D eigenvalue weighted by Crippen LogP contribution is 1.97. The van der Waals surface area contributed by atoms with Crippen LogP contribution in [0.1, 0.15) is 5.56 Å². The smallest absolute Gasteiger partial charge is 0.241 e. The minimum atomic E-state index is -0.107. The maximum atomic E-state index is 11.6. The maximum absolute atomic E-state index is 11.6. The summed E-state index contributed by atoms with van der Waals surface area (Å²) in [5.41, 5.74) is 6.46. The average Bonchev–Trinajstić information content (AvgIpc) is 2.73. The Bertz CT molecular complexity index is 494. The van der Waals surface area contributed by atoms with Crippen LogP contribution in [-0.4, -0.2) is 20.7 Å². The monoisotopic (exact) mass is 231 g/mol. The molecule has 0 aliphatic carbocycles.